The molecule has 0 atom stereocenters. The summed E-state index contributed by atoms with van der Waals surface area (Å²) in [7, 11) is 0. The molecule has 0 radical (unpaired) electrons. The third-order valence-corrected chi connectivity index (χ3v) is 9.06. The fourth-order valence-corrected chi connectivity index (χ4v) is 7.08. The van der Waals surface area contributed by atoms with Crippen LogP contribution in [0.1, 0.15) is 6.85 Å². The number of hydrogen-bond donors (Lipinski definition) is 0. The summed E-state index contributed by atoms with van der Waals surface area (Å²) in [4.78, 5) is 9.93. The lowest BCUT2D eigenvalue weighted by atomic mass is 10.0. The van der Waals surface area contributed by atoms with Crippen molar-refractivity contribution in [1.82, 2.24) is 14.5 Å². The zero-order valence-electron chi connectivity index (χ0n) is 27.1. The van der Waals surface area contributed by atoms with Crippen LogP contribution in [0.5, 0.6) is 0 Å². The Morgan fingerprint density at radius 1 is 0.524 bits per heavy atom. The predicted octanol–water partition coefficient (Wildman–Crippen LogP) is 10.4. The van der Waals surface area contributed by atoms with Gasteiger partial charge in [0.25, 0.3) is 0 Å². The molecule has 0 unspecified atom stereocenters. The highest BCUT2D eigenvalue weighted by molar-refractivity contribution is 7.25. The van der Waals surface area contributed by atoms with Crippen molar-refractivity contribution >= 4 is 64.2 Å². The normalized spacial score (nSPS) is 13.5. The first-order chi connectivity index (χ1) is 22.9. The van der Waals surface area contributed by atoms with Gasteiger partial charge < -0.3 is 0 Å². The maximum atomic E-state index is 8.71. The van der Waals surface area contributed by atoms with E-state index in [1.54, 1.807) is 11.3 Å². The van der Waals surface area contributed by atoms with Crippen LogP contribution in [0, 0.1) is 0 Å². The van der Waals surface area contributed by atoms with Gasteiger partial charge in [0.05, 0.1) is 29.1 Å². The summed E-state index contributed by atoms with van der Waals surface area (Å²) in [6.07, 6.45) is 0. The number of hydrogen-bond acceptors (Lipinski definition) is 3. The highest BCUT2D eigenvalue weighted by atomic mass is 32.1. The van der Waals surface area contributed by atoms with Crippen LogP contribution < -0.4 is 0 Å². The minimum atomic E-state index is -0.438. The summed E-state index contributed by atoms with van der Waals surface area (Å²) in [6, 6.07) is 35.2. The largest absolute Gasteiger partial charge is 0.278 e. The van der Waals surface area contributed by atoms with Crippen molar-refractivity contribution in [2.45, 2.75) is 0 Å². The van der Waals surface area contributed by atoms with E-state index in [4.69, 9.17) is 16.8 Å². The van der Waals surface area contributed by atoms with Gasteiger partial charge in [-0.25, -0.2) is 9.97 Å². The maximum Gasteiger partial charge on any atom is 0.235 e. The topological polar surface area (TPSA) is 30.7 Å². The number of aromatic nitrogens is 3. The molecule has 4 heteroatoms. The Labute approximate surface area is 253 Å². The van der Waals surface area contributed by atoms with Crippen molar-refractivity contribution < 1.29 is 6.85 Å². The van der Waals surface area contributed by atoms with Crippen LogP contribution in [0.2, 0.25) is 0 Å². The summed E-state index contributed by atoms with van der Waals surface area (Å²) in [5.41, 5.74) is 4.98. The van der Waals surface area contributed by atoms with Gasteiger partial charge in [-0.2, -0.15) is 0 Å². The summed E-state index contributed by atoms with van der Waals surface area (Å²) in [5.74, 6) is 0.357. The van der Waals surface area contributed by atoms with Gasteiger partial charge in [0.1, 0.15) is 0 Å². The quantitative estimate of drug-likeness (QED) is 0.216. The molecule has 0 fully saturated rings. The average molecular weight is 559 g/mol. The zero-order valence-corrected chi connectivity index (χ0v) is 23.0. The first-order valence-corrected chi connectivity index (χ1v) is 14.5. The highest BCUT2D eigenvalue weighted by Gasteiger charge is 2.18. The Morgan fingerprint density at radius 3 is 2.07 bits per heavy atom. The van der Waals surface area contributed by atoms with E-state index >= 15 is 0 Å². The monoisotopic (exact) mass is 558 g/mol. The van der Waals surface area contributed by atoms with Crippen LogP contribution in [0.25, 0.3) is 81.2 Å². The molecule has 0 aliphatic heterocycles. The second-order valence-electron chi connectivity index (χ2n) is 10.3. The van der Waals surface area contributed by atoms with Gasteiger partial charge in [0.2, 0.25) is 5.95 Å². The van der Waals surface area contributed by atoms with E-state index in [2.05, 4.69) is 66.7 Å². The molecule has 196 valence electrons. The van der Waals surface area contributed by atoms with Crippen LogP contribution in [0.15, 0.2) is 139 Å². The number of fused-ring (bicyclic) bond motifs is 7. The van der Waals surface area contributed by atoms with Gasteiger partial charge in [-0.15, -0.1) is 11.3 Å². The summed E-state index contributed by atoms with van der Waals surface area (Å²) < 4.78 is 46.7. The second kappa shape index (κ2) is 9.10. The molecule has 0 aliphatic rings. The molecule has 3 nitrogen and oxygen atoms in total. The summed E-state index contributed by atoms with van der Waals surface area (Å²) in [6.45, 7) is 0. The van der Waals surface area contributed by atoms with Crippen LogP contribution in [0.3, 0.4) is 0 Å². The molecular weight excluding hydrogens is 531 g/mol. The molecule has 3 heterocycles. The lowest BCUT2D eigenvalue weighted by Gasteiger charge is -2.12. The van der Waals surface area contributed by atoms with Crippen LogP contribution in [0.4, 0.5) is 0 Å². The number of nitrogens with zero attached hydrogens (tertiary/aromatic N) is 3. The van der Waals surface area contributed by atoms with Crippen molar-refractivity contribution in [1.29, 1.82) is 0 Å². The minimum absolute atomic E-state index is 0.0512. The molecule has 6 aromatic carbocycles. The standard InChI is InChI=1S/C38H23N3S/c1-2-10-24(11-3-1)37-29-14-4-7-15-32(29)39-38(40-37)41-33-16-8-5-12-27(33)30-22-25(18-20-34(30)41)26-19-21-36-31(23-26)28-13-6-9-17-35(28)42-36/h1-23H/i1D,2D,3D,10D,11D. The SMILES string of the molecule is [2H]c1c([2H])c([2H])c(-c2nc(-n3c4ccccc4c4cc(-c5ccc6sc7ccccc7c6c5)ccc43)nc3ccccc23)c([2H])c1[2H]. The van der Waals surface area contributed by atoms with Gasteiger partial charge in [-0.3, -0.25) is 4.57 Å². The summed E-state index contributed by atoms with van der Waals surface area (Å²) in [5, 5.41) is 5.18. The highest BCUT2D eigenvalue weighted by Crippen LogP contribution is 2.39. The van der Waals surface area contributed by atoms with Crippen molar-refractivity contribution in [3.8, 4) is 28.3 Å². The molecule has 9 aromatic rings. The lowest BCUT2D eigenvalue weighted by Crippen LogP contribution is -2.03. The van der Waals surface area contributed by atoms with Crippen LogP contribution in [-0.4, -0.2) is 14.5 Å². The zero-order chi connectivity index (χ0) is 32.0. The molecule has 0 amide bonds. The molecule has 3 aromatic heterocycles. The molecule has 0 bridgehead atoms. The number of benzene rings is 6. The van der Waals surface area contributed by atoms with E-state index in [-0.39, 0.29) is 17.6 Å². The molecule has 0 N–H and O–H groups in total. The molecule has 0 spiro atoms. The Morgan fingerprint density at radius 2 is 1.19 bits per heavy atom. The first kappa shape index (κ1) is 18.9. The predicted molar refractivity (Wildman–Crippen MR) is 178 cm³/mol. The van der Waals surface area contributed by atoms with Gasteiger partial charge in [-0.1, -0.05) is 96.9 Å². The number of rotatable bonds is 3. The van der Waals surface area contributed by atoms with E-state index in [1.807, 2.05) is 47.0 Å². The van der Waals surface area contributed by atoms with E-state index < -0.39 is 18.1 Å². The van der Waals surface area contributed by atoms with E-state index in [0.29, 0.717) is 22.5 Å². The average Bonchev–Trinajstić information content (AvgIpc) is 3.65. The van der Waals surface area contributed by atoms with E-state index in [1.165, 1.54) is 20.2 Å². The van der Waals surface area contributed by atoms with E-state index in [0.717, 1.165) is 32.9 Å². The van der Waals surface area contributed by atoms with Gasteiger partial charge in [-0.05, 0) is 53.6 Å². The minimum Gasteiger partial charge on any atom is -0.278 e. The van der Waals surface area contributed by atoms with E-state index in [9.17, 15) is 0 Å². The van der Waals surface area contributed by atoms with Crippen molar-refractivity contribution in [3.05, 3.63) is 139 Å². The number of thiophene rings is 1. The Balaban J connectivity index is 1.30. The fraction of sp³-hybridized carbons (Fsp3) is 0. The third-order valence-electron chi connectivity index (χ3n) is 7.91. The third kappa shape index (κ3) is 3.52. The van der Waals surface area contributed by atoms with Crippen molar-refractivity contribution in [2.75, 3.05) is 0 Å². The van der Waals surface area contributed by atoms with Crippen LogP contribution in [-0.2, 0) is 0 Å². The Bertz CT molecular complexity index is 2740. The molecule has 0 saturated carbocycles. The van der Waals surface area contributed by atoms with Gasteiger partial charge >= 0.3 is 0 Å². The Kier molecular flexibility index (Phi) is 4.10. The van der Waals surface area contributed by atoms with Gasteiger partial charge in [0.15, 0.2) is 0 Å². The molecule has 42 heavy (non-hydrogen) atoms. The summed E-state index contributed by atoms with van der Waals surface area (Å²) >= 11 is 1.80. The fourth-order valence-electron chi connectivity index (χ4n) is 6.00. The van der Waals surface area contributed by atoms with Gasteiger partial charge in [0, 0.05) is 41.9 Å². The maximum absolute atomic E-state index is 8.71. The molecule has 0 aliphatic carbocycles. The molecular formula is C38H23N3S. The lowest BCUT2D eigenvalue weighted by molar-refractivity contribution is 1.01. The smallest absolute Gasteiger partial charge is 0.235 e. The number of para-hydroxylation sites is 2. The first-order valence-electron chi connectivity index (χ1n) is 16.2. The van der Waals surface area contributed by atoms with Crippen LogP contribution >= 0.6 is 11.3 Å². The van der Waals surface area contributed by atoms with Crippen molar-refractivity contribution in [3.63, 3.8) is 0 Å². The molecule has 9 rings (SSSR count). The Hall–Kier alpha value is -5.32. The molecule has 0 saturated heterocycles. The second-order valence-corrected chi connectivity index (χ2v) is 11.4. The van der Waals surface area contributed by atoms with Crippen molar-refractivity contribution in [2.24, 2.45) is 0 Å².